The van der Waals surface area contributed by atoms with E-state index in [0.29, 0.717) is 18.9 Å². The lowest BCUT2D eigenvalue weighted by atomic mass is 10.1. The fourth-order valence-electron chi connectivity index (χ4n) is 2.46. The van der Waals surface area contributed by atoms with Gasteiger partial charge in [-0.3, -0.25) is 0 Å². The van der Waals surface area contributed by atoms with Gasteiger partial charge < -0.3 is 16.0 Å². The molecule has 1 aromatic heterocycles. The number of hydrogen-bond donors (Lipinski definition) is 3. The van der Waals surface area contributed by atoms with Crippen molar-refractivity contribution < 1.29 is 4.74 Å². The normalized spacial score (nSPS) is 10.6. The van der Waals surface area contributed by atoms with Crippen molar-refractivity contribution in [3.8, 4) is 18.1 Å². The van der Waals surface area contributed by atoms with Crippen LogP contribution in [0, 0.1) is 12.3 Å². The van der Waals surface area contributed by atoms with E-state index >= 15 is 0 Å². The van der Waals surface area contributed by atoms with Crippen LogP contribution in [0.3, 0.4) is 0 Å². The number of terminal acetylenes is 1. The second kappa shape index (κ2) is 10.9. The molecule has 0 saturated carbocycles. The fourth-order valence-corrected chi connectivity index (χ4v) is 3.23. The Labute approximate surface area is 164 Å². The number of hydrazone groups is 1. The minimum atomic E-state index is 0.562. The summed E-state index contributed by atoms with van der Waals surface area (Å²) in [5.74, 6) is 14.2. The van der Waals surface area contributed by atoms with Gasteiger partial charge >= 0.3 is 0 Å². The zero-order chi connectivity index (χ0) is 19.5. The molecule has 0 spiro atoms. The number of thiophene rings is 1. The molecule has 1 heterocycles. The van der Waals surface area contributed by atoms with Crippen molar-refractivity contribution in [3.05, 3.63) is 65.0 Å². The summed E-state index contributed by atoms with van der Waals surface area (Å²) in [6, 6.07) is 16.6. The molecule has 0 atom stereocenters. The molecule has 5 N–H and O–H groups in total. The van der Waals surface area contributed by atoms with E-state index in [1.807, 2.05) is 24.3 Å². The predicted molar refractivity (Wildman–Crippen MR) is 114 cm³/mol. The summed E-state index contributed by atoms with van der Waals surface area (Å²) < 4.78 is 7.17. The van der Waals surface area contributed by atoms with Gasteiger partial charge in [-0.1, -0.05) is 18.2 Å². The van der Waals surface area contributed by atoms with E-state index in [2.05, 4.69) is 52.5 Å². The second-order valence-corrected chi connectivity index (χ2v) is 6.68. The molecule has 3 aromatic rings. The predicted octanol–water partition coefficient (Wildman–Crippen LogP) is 3.79. The Balaban J connectivity index is 0.000000817. The van der Waals surface area contributed by atoms with Crippen LogP contribution in [0.25, 0.3) is 10.1 Å². The SMILES string of the molecule is C#CC.N/N=C(/CCc1ccc(OCc2ccc3sccc3c2)cc1)NN. The number of nitrogens with two attached hydrogens (primary N) is 2. The Hall–Kier alpha value is -3.01. The van der Waals surface area contributed by atoms with Crippen LogP contribution in [0.15, 0.2) is 59.0 Å². The lowest BCUT2D eigenvalue weighted by Crippen LogP contribution is -2.31. The van der Waals surface area contributed by atoms with Crippen LogP contribution in [0.1, 0.15) is 24.5 Å². The van der Waals surface area contributed by atoms with Gasteiger partial charge in [0.15, 0.2) is 0 Å². The monoisotopic (exact) mass is 380 g/mol. The Morgan fingerprint density at radius 2 is 1.89 bits per heavy atom. The first-order valence-electron chi connectivity index (χ1n) is 8.48. The Morgan fingerprint density at radius 1 is 1.19 bits per heavy atom. The van der Waals surface area contributed by atoms with E-state index in [9.17, 15) is 0 Å². The van der Waals surface area contributed by atoms with E-state index < -0.39 is 0 Å². The lowest BCUT2D eigenvalue weighted by Gasteiger charge is -2.08. The molecule has 3 rings (SSSR count). The molecule has 0 aliphatic carbocycles. The standard InChI is InChI=1S/C18H20N4OS.C3H4/c19-21-18(22-20)8-4-13-1-5-16(6-2-13)23-12-14-3-7-17-15(11-14)9-10-24-17;1-3-2/h1-3,5-7,9-11H,4,8,12,19-20H2,(H,21,22);1H,2H3. The maximum Gasteiger partial charge on any atom is 0.136 e. The van der Waals surface area contributed by atoms with Gasteiger partial charge in [0.25, 0.3) is 0 Å². The molecule has 0 aliphatic rings. The Bertz CT molecular complexity index is 910. The quantitative estimate of drug-likeness (QED) is 0.200. The molecular weight excluding hydrogens is 356 g/mol. The average molecular weight is 381 g/mol. The maximum atomic E-state index is 5.87. The molecule has 140 valence electrons. The molecule has 0 saturated heterocycles. The van der Waals surface area contributed by atoms with Crippen LogP contribution >= 0.6 is 11.3 Å². The molecule has 0 radical (unpaired) electrons. The van der Waals surface area contributed by atoms with Gasteiger partial charge in [0.2, 0.25) is 0 Å². The average Bonchev–Trinajstić information content (AvgIpc) is 3.16. The van der Waals surface area contributed by atoms with Crippen molar-refractivity contribution in [1.82, 2.24) is 5.43 Å². The van der Waals surface area contributed by atoms with Crippen molar-refractivity contribution in [1.29, 1.82) is 0 Å². The molecule has 0 amide bonds. The van der Waals surface area contributed by atoms with Gasteiger partial charge in [0, 0.05) is 11.1 Å². The van der Waals surface area contributed by atoms with Gasteiger partial charge in [-0.2, -0.15) is 5.10 Å². The number of hydrazine groups is 1. The topological polar surface area (TPSA) is 85.7 Å². The smallest absolute Gasteiger partial charge is 0.136 e. The van der Waals surface area contributed by atoms with E-state index in [0.717, 1.165) is 12.2 Å². The number of aryl methyl sites for hydroxylation is 1. The van der Waals surface area contributed by atoms with E-state index in [1.165, 1.54) is 21.2 Å². The number of fused-ring (bicyclic) bond motifs is 1. The highest BCUT2D eigenvalue weighted by Gasteiger charge is 2.02. The minimum Gasteiger partial charge on any atom is -0.489 e. The number of nitrogens with one attached hydrogen (secondary N) is 1. The molecule has 0 aliphatic heterocycles. The molecule has 5 nitrogen and oxygen atoms in total. The zero-order valence-electron chi connectivity index (χ0n) is 15.3. The van der Waals surface area contributed by atoms with Crippen LogP contribution in [-0.4, -0.2) is 5.84 Å². The van der Waals surface area contributed by atoms with Crippen LogP contribution in [0.4, 0.5) is 0 Å². The van der Waals surface area contributed by atoms with Crippen molar-refractivity contribution >= 4 is 27.3 Å². The number of benzene rings is 2. The molecule has 0 fully saturated rings. The minimum absolute atomic E-state index is 0.562. The summed E-state index contributed by atoms with van der Waals surface area (Å²) in [5, 5.41) is 6.95. The molecule has 27 heavy (non-hydrogen) atoms. The molecule has 0 unspecified atom stereocenters. The highest BCUT2D eigenvalue weighted by Crippen LogP contribution is 2.22. The van der Waals surface area contributed by atoms with Crippen LogP contribution in [-0.2, 0) is 13.0 Å². The fraction of sp³-hybridized carbons (Fsp3) is 0.190. The second-order valence-electron chi connectivity index (χ2n) is 5.73. The molecule has 6 heteroatoms. The first-order valence-corrected chi connectivity index (χ1v) is 9.36. The van der Waals surface area contributed by atoms with Crippen molar-refractivity contribution in [2.24, 2.45) is 16.8 Å². The molecular formula is C21H24N4OS. The molecule has 0 bridgehead atoms. The zero-order valence-corrected chi connectivity index (χ0v) is 16.1. The lowest BCUT2D eigenvalue weighted by molar-refractivity contribution is 0.306. The van der Waals surface area contributed by atoms with Gasteiger partial charge in [0.05, 0.1) is 0 Å². The van der Waals surface area contributed by atoms with E-state index in [4.69, 9.17) is 16.4 Å². The van der Waals surface area contributed by atoms with E-state index in [1.54, 1.807) is 18.3 Å². The summed E-state index contributed by atoms with van der Waals surface area (Å²) in [7, 11) is 0. The number of hydrogen-bond acceptors (Lipinski definition) is 5. The summed E-state index contributed by atoms with van der Waals surface area (Å²) in [6.07, 6.45) is 6.09. The largest absolute Gasteiger partial charge is 0.489 e. The van der Waals surface area contributed by atoms with Crippen LogP contribution in [0.2, 0.25) is 0 Å². The van der Waals surface area contributed by atoms with Crippen LogP contribution < -0.4 is 21.8 Å². The number of nitrogens with zero attached hydrogens (tertiary/aromatic N) is 1. The number of ether oxygens (including phenoxy) is 1. The van der Waals surface area contributed by atoms with Crippen LogP contribution in [0.5, 0.6) is 5.75 Å². The van der Waals surface area contributed by atoms with Crippen molar-refractivity contribution in [3.63, 3.8) is 0 Å². The highest BCUT2D eigenvalue weighted by atomic mass is 32.1. The summed E-state index contributed by atoms with van der Waals surface area (Å²) in [4.78, 5) is 0. The maximum absolute atomic E-state index is 5.87. The van der Waals surface area contributed by atoms with Gasteiger partial charge in [-0.05, 0) is 65.6 Å². The summed E-state index contributed by atoms with van der Waals surface area (Å²) in [5.41, 5.74) is 4.83. The third-order valence-corrected chi connectivity index (χ3v) is 4.72. The Kier molecular flexibility index (Phi) is 8.17. The number of amidine groups is 1. The molecule has 2 aromatic carbocycles. The third kappa shape index (κ3) is 6.33. The van der Waals surface area contributed by atoms with Gasteiger partial charge in [-0.25, -0.2) is 5.84 Å². The Morgan fingerprint density at radius 3 is 2.56 bits per heavy atom. The van der Waals surface area contributed by atoms with Crippen molar-refractivity contribution in [2.75, 3.05) is 0 Å². The van der Waals surface area contributed by atoms with Gasteiger partial charge in [0.1, 0.15) is 18.2 Å². The van der Waals surface area contributed by atoms with Crippen molar-refractivity contribution in [2.45, 2.75) is 26.4 Å². The van der Waals surface area contributed by atoms with Gasteiger partial charge in [-0.15, -0.1) is 23.7 Å². The third-order valence-electron chi connectivity index (χ3n) is 3.82. The summed E-state index contributed by atoms with van der Waals surface area (Å²) in [6.45, 7) is 2.21. The highest BCUT2D eigenvalue weighted by molar-refractivity contribution is 7.17. The number of rotatable bonds is 6. The van der Waals surface area contributed by atoms with E-state index in [-0.39, 0.29) is 0 Å². The summed E-state index contributed by atoms with van der Waals surface area (Å²) >= 11 is 1.75. The first-order chi connectivity index (χ1) is 13.2. The first kappa shape index (κ1) is 20.3.